The molecular weight excluding hydrogens is 554 g/mol. The van der Waals surface area contributed by atoms with E-state index in [1.54, 1.807) is 48.2 Å². The molecule has 0 spiro atoms. The van der Waals surface area contributed by atoms with Crippen LogP contribution in [0, 0.1) is 12.8 Å². The van der Waals surface area contributed by atoms with Gasteiger partial charge in [-0.05, 0) is 90.4 Å². The molecule has 1 aliphatic rings. The van der Waals surface area contributed by atoms with Gasteiger partial charge in [0, 0.05) is 31.3 Å². The summed E-state index contributed by atoms with van der Waals surface area (Å²) in [4.78, 5) is 18.3. The second-order valence-electron chi connectivity index (χ2n) is 11.7. The Morgan fingerprint density at radius 1 is 1.14 bits per heavy atom. The quantitative estimate of drug-likeness (QED) is 0.418. The van der Waals surface area contributed by atoms with Crippen LogP contribution in [0.15, 0.2) is 47.4 Å². The summed E-state index contributed by atoms with van der Waals surface area (Å²) in [6.45, 7) is 12.4. The first-order valence-corrected chi connectivity index (χ1v) is 16.6. The zero-order valence-electron chi connectivity index (χ0n) is 26.0. The van der Waals surface area contributed by atoms with Crippen LogP contribution >= 0.6 is 0 Å². The van der Waals surface area contributed by atoms with E-state index < -0.39 is 16.1 Å². The van der Waals surface area contributed by atoms with E-state index >= 15 is 0 Å². The predicted octanol–water partition coefficient (Wildman–Crippen LogP) is 4.93. The van der Waals surface area contributed by atoms with Crippen LogP contribution in [0.4, 0.5) is 5.69 Å². The molecule has 4 atom stereocenters. The standard InChI is InChI=1S/C32H49N3O6S/c1-7-17-34(6)21-31-24(3)20-35(25(4)22-36)32(37)29-19-27(33-42(38,39)28-14-11-23(2)12-15-28)13-16-30(29)41-26(5)10-8-9-18-40-31/h11-16,19,24-26,31,33,36H,7-10,17-18,20-22H2,1-6H3/t24-,25+,26-,31-/m0/s1. The van der Waals surface area contributed by atoms with Crippen molar-refractivity contribution in [2.75, 3.05) is 44.6 Å². The Bertz CT molecular complexity index is 1250. The largest absolute Gasteiger partial charge is 0.490 e. The summed E-state index contributed by atoms with van der Waals surface area (Å²) in [7, 11) is -1.80. The van der Waals surface area contributed by atoms with Gasteiger partial charge in [0.25, 0.3) is 15.9 Å². The number of carbonyl (C=O) groups is 1. The van der Waals surface area contributed by atoms with E-state index in [1.807, 2.05) is 13.8 Å². The van der Waals surface area contributed by atoms with Gasteiger partial charge in [0.05, 0.1) is 35.3 Å². The van der Waals surface area contributed by atoms with Gasteiger partial charge in [-0.25, -0.2) is 8.42 Å². The van der Waals surface area contributed by atoms with Crippen LogP contribution in [0.1, 0.15) is 69.3 Å². The average molecular weight is 604 g/mol. The molecule has 1 amide bonds. The van der Waals surface area contributed by atoms with Crippen molar-refractivity contribution in [1.29, 1.82) is 0 Å². The minimum absolute atomic E-state index is 0.0169. The summed E-state index contributed by atoms with van der Waals surface area (Å²) in [6, 6.07) is 10.9. The highest BCUT2D eigenvalue weighted by Crippen LogP contribution is 2.29. The summed E-state index contributed by atoms with van der Waals surface area (Å²) in [5.74, 6) is 0.0394. The number of benzene rings is 2. The van der Waals surface area contributed by atoms with E-state index in [0.717, 1.165) is 44.3 Å². The first-order chi connectivity index (χ1) is 19.9. The maximum atomic E-state index is 14.2. The lowest BCUT2D eigenvalue weighted by molar-refractivity contribution is -0.0167. The first kappa shape index (κ1) is 33.8. The van der Waals surface area contributed by atoms with Crippen molar-refractivity contribution in [3.63, 3.8) is 0 Å². The molecule has 0 saturated carbocycles. The summed E-state index contributed by atoms with van der Waals surface area (Å²) < 4.78 is 41.5. The summed E-state index contributed by atoms with van der Waals surface area (Å²) in [5.41, 5.74) is 1.46. The summed E-state index contributed by atoms with van der Waals surface area (Å²) in [5, 5.41) is 10.1. The first-order valence-electron chi connectivity index (χ1n) is 15.1. The molecule has 2 aromatic carbocycles. The molecule has 234 valence electrons. The number of fused-ring (bicyclic) bond motifs is 1. The van der Waals surface area contributed by atoms with Crippen LogP contribution in [-0.2, 0) is 14.8 Å². The number of hydrogen-bond donors (Lipinski definition) is 2. The van der Waals surface area contributed by atoms with Crippen molar-refractivity contribution in [3.8, 4) is 5.75 Å². The van der Waals surface area contributed by atoms with Crippen molar-refractivity contribution >= 4 is 21.6 Å². The Hall–Kier alpha value is -2.66. The van der Waals surface area contributed by atoms with Crippen molar-refractivity contribution in [1.82, 2.24) is 9.80 Å². The second kappa shape index (κ2) is 15.7. The highest BCUT2D eigenvalue weighted by molar-refractivity contribution is 7.92. The number of aryl methyl sites for hydroxylation is 1. The third kappa shape index (κ3) is 9.42. The Kier molecular flexibility index (Phi) is 12.7. The number of nitrogens with one attached hydrogen (secondary N) is 1. The number of sulfonamides is 1. The normalized spacial score (nSPS) is 21.8. The number of amides is 1. The zero-order chi connectivity index (χ0) is 30.9. The van der Waals surface area contributed by atoms with Gasteiger partial charge in [0.1, 0.15) is 5.75 Å². The van der Waals surface area contributed by atoms with E-state index in [1.165, 1.54) is 6.07 Å². The fourth-order valence-electron chi connectivity index (χ4n) is 5.16. The minimum atomic E-state index is -3.88. The van der Waals surface area contributed by atoms with Crippen LogP contribution in [-0.4, -0.2) is 87.4 Å². The lowest BCUT2D eigenvalue weighted by Crippen LogP contribution is -2.47. The van der Waals surface area contributed by atoms with Crippen LogP contribution in [0.5, 0.6) is 5.75 Å². The molecule has 0 radical (unpaired) electrons. The van der Waals surface area contributed by atoms with E-state index in [2.05, 4.69) is 30.5 Å². The topological polar surface area (TPSA) is 108 Å². The number of hydrogen-bond acceptors (Lipinski definition) is 7. The maximum absolute atomic E-state index is 14.2. The van der Waals surface area contributed by atoms with E-state index in [0.29, 0.717) is 18.9 Å². The highest BCUT2D eigenvalue weighted by Gasteiger charge is 2.30. The van der Waals surface area contributed by atoms with Gasteiger partial charge in [0.2, 0.25) is 0 Å². The fourth-order valence-corrected chi connectivity index (χ4v) is 6.21. The van der Waals surface area contributed by atoms with Gasteiger partial charge >= 0.3 is 0 Å². The molecule has 1 heterocycles. The van der Waals surface area contributed by atoms with Gasteiger partial charge in [-0.2, -0.15) is 0 Å². The number of ether oxygens (including phenoxy) is 2. The number of likely N-dealkylation sites (N-methyl/N-ethyl adjacent to an activating group) is 1. The SMILES string of the molecule is CCCN(C)C[C@@H]1OCCCC[C@H](C)Oc2ccc(NS(=O)(=O)c3ccc(C)cc3)cc2C(=O)N([C@H](C)CO)C[C@@H]1C. The third-order valence-electron chi connectivity index (χ3n) is 7.73. The van der Waals surface area contributed by atoms with Gasteiger partial charge in [0.15, 0.2) is 0 Å². The van der Waals surface area contributed by atoms with E-state index in [-0.39, 0.29) is 46.8 Å². The van der Waals surface area contributed by atoms with Crippen LogP contribution < -0.4 is 9.46 Å². The maximum Gasteiger partial charge on any atom is 0.261 e. The second-order valence-corrected chi connectivity index (χ2v) is 13.4. The van der Waals surface area contributed by atoms with Gasteiger partial charge in [-0.3, -0.25) is 9.52 Å². The minimum Gasteiger partial charge on any atom is -0.490 e. The number of carbonyl (C=O) groups excluding carboxylic acids is 1. The third-order valence-corrected chi connectivity index (χ3v) is 9.13. The predicted molar refractivity (Wildman–Crippen MR) is 167 cm³/mol. The monoisotopic (exact) mass is 603 g/mol. The van der Waals surface area contributed by atoms with Gasteiger partial charge in [-0.15, -0.1) is 0 Å². The zero-order valence-corrected chi connectivity index (χ0v) is 26.8. The molecule has 0 fully saturated rings. The molecular formula is C32H49N3O6S. The lowest BCUT2D eigenvalue weighted by atomic mass is 10.0. The van der Waals surface area contributed by atoms with Crippen molar-refractivity contribution < 1.29 is 27.8 Å². The molecule has 0 unspecified atom stereocenters. The number of aliphatic hydroxyl groups is 1. The van der Waals surface area contributed by atoms with E-state index in [4.69, 9.17) is 9.47 Å². The van der Waals surface area contributed by atoms with Gasteiger partial charge in [-0.1, -0.05) is 31.5 Å². The lowest BCUT2D eigenvalue weighted by Gasteiger charge is -2.35. The van der Waals surface area contributed by atoms with Crippen molar-refractivity contribution in [3.05, 3.63) is 53.6 Å². The average Bonchev–Trinajstić information content (AvgIpc) is 2.94. The molecule has 0 aromatic heterocycles. The molecule has 9 nitrogen and oxygen atoms in total. The molecule has 42 heavy (non-hydrogen) atoms. The summed E-state index contributed by atoms with van der Waals surface area (Å²) in [6.07, 6.45) is 3.38. The van der Waals surface area contributed by atoms with Gasteiger partial charge < -0.3 is 24.4 Å². The van der Waals surface area contributed by atoms with E-state index in [9.17, 15) is 18.3 Å². The number of anilines is 1. The molecule has 0 bridgehead atoms. The van der Waals surface area contributed by atoms with Crippen LogP contribution in [0.25, 0.3) is 0 Å². The molecule has 0 aliphatic carbocycles. The molecule has 3 rings (SSSR count). The van der Waals surface area contributed by atoms with Crippen LogP contribution in [0.2, 0.25) is 0 Å². The molecule has 2 aromatic rings. The highest BCUT2D eigenvalue weighted by atomic mass is 32.2. The smallest absolute Gasteiger partial charge is 0.261 e. The molecule has 10 heteroatoms. The summed E-state index contributed by atoms with van der Waals surface area (Å²) >= 11 is 0. The Labute approximate surface area is 252 Å². The molecule has 1 aliphatic heterocycles. The number of nitrogens with zero attached hydrogens (tertiary/aromatic N) is 2. The Morgan fingerprint density at radius 2 is 1.86 bits per heavy atom. The fraction of sp³-hybridized carbons (Fsp3) is 0.594. The number of aliphatic hydroxyl groups excluding tert-OH is 1. The van der Waals surface area contributed by atoms with Crippen molar-refractivity contribution in [2.45, 2.75) is 83.4 Å². The molecule has 0 saturated heterocycles. The Balaban J connectivity index is 2.00. The molecule has 2 N–H and O–H groups in total. The Morgan fingerprint density at radius 3 is 2.52 bits per heavy atom. The van der Waals surface area contributed by atoms with Crippen LogP contribution in [0.3, 0.4) is 0 Å². The number of rotatable bonds is 9. The van der Waals surface area contributed by atoms with Crippen molar-refractivity contribution in [2.24, 2.45) is 5.92 Å².